The molecule has 0 spiro atoms. The number of allylic oxidation sites excluding steroid dienone is 4. The van der Waals surface area contributed by atoms with Crippen molar-refractivity contribution < 1.29 is 49.9 Å². The Morgan fingerprint density at radius 1 is 0.889 bits per heavy atom. The zero-order chi connectivity index (χ0) is 20.1. The van der Waals surface area contributed by atoms with Crippen LogP contribution >= 0.6 is 0 Å². The van der Waals surface area contributed by atoms with Crippen molar-refractivity contribution in [1.29, 1.82) is 0 Å². The topological polar surface area (TPSA) is 20.2 Å². The summed E-state index contributed by atoms with van der Waals surface area (Å²) < 4.78 is 1.42. The largest absolute Gasteiger partial charge is 1.00 e. The summed E-state index contributed by atoms with van der Waals surface area (Å²) in [5, 5.41) is 10.7. The van der Waals surface area contributed by atoms with Gasteiger partial charge < -0.3 is 29.9 Å². The Kier molecular flexibility index (Phi) is 16.3. The summed E-state index contributed by atoms with van der Waals surface area (Å²) in [5.74, 6) is 0.966. The molecule has 0 fully saturated rings. The molecule has 1 atom stereocenters. The van der Waals surface area contributed by atoms with Crippen LogP contribution in [0.1, 0.15) is 63.8 Å². The molecule has 0 aromatic heterocycles. The van der Waals surface area contributed by atoms with E-state index in [1.165, 1.54) is 26.1 Å². The van der Waals surface area contributed by atoms with Gasteiger partial charge in [-0.05, 0) is 49.9 Å². The molecule has 1 unspecified atom stereocenters. The summed E-state index contributed by atoms with van der Waals surface area (Å²) in [6.07, 6.45) is 3.36. The van der Waals surface area contributed by atoms with E-state index in [0.29, 0.717) is 11.7 Å². The molecule has 27 heavy (non-hydrogen) atoms. The molecule has 0 saturated heterocycles. The van der Waals surface area contributed by atoms with Gasteiger partial charge >= 0.3 is 37.6 Å². The van der Waals surface area contributed by atoms with Gasteiger partial charge in [-0.2, -0.15) is 11.1 Å². The Labute approximate surface area is 194 Å². The number of phenols is 1. The van der Waals surface area contributed by atoms with Crippen LogP contribution in [0.15, 0.2) is 16.7 Å². The summed E-state index contributed by atoms with van der Waals surface area (Å²) in [6, 6.07) is 0. The van der Waals surface area contributed by atoms with Crippen LogP contribution in [0.2, 0.25) is 0 Å². The van der Waals surface area contributed by atoms with Gasteiger partial charge in [0.15, 0.2) is 0 Å². The van der Waals surface area contributed by atoms with Crippen LogP contribution in [0.4, 0.5) is 0 Å². The molecule has 1 aliphatic carbocycles. The first kappa shape index (κ1) is 31.6. The fraction of sp³-hybridized carbons (Fsp3) is 0.500. The van der Waals surface area contributed by atoms with E-state index < -0.39 is 0 Å². The summed E-state index contributed by atoms with van der Waals surface area (Å²) >= 11 is 2.08. The first-order valence-electron chi connectivity index (χ1n) is 8.63. The van der Waals surface area contributed by atoms with Crippen LogP contribution < -0.4 is 30.0 Å². The van der Waals surface area contributed by atoms with Gasteiger partial charge in [-0.1, -0.05) is 31.9 Å². The van der Waals surface area contributed by atoms with Crippen molar-refractivity contribution >= 4 is 19.2 Å². The molecule has 1 aromatic carbocycles. The second-order valence-corrected chi connectivity index (χ2v) is 9.08. The number of benzene rings is 1. The average molecular weight is 459 g/mol. The van der Waals surface area contributed by atoms with E-state index >= 15 is 0 Å². The maximum Gasteiger partial charge on any atom is 0.121 e. The quantitative estimate of drug-likeness (QED) is 0.386. The van der Waals surface area contributed by atoms with Crippen molar-refractivity contribution in [3.05, 3.63) is 45.0 Å². The van der Waals surface area contributed by atoms with Crippen LogP contribution in [-0.2, 0) is 20.0 Å². The molecule has 0 saturated carbocycles. The van der Waals surface area contributed by atoms with Gasteiger partial charge in [0.25, 0.3) is 0 Å². The number of hydrogen-bond donors (Lipinski definition) is 1. The first-order valence-corrected chi connectivity index (χ1v) is 9.91. The molecule has 1 N–H and O–H groups in total. The number of phenolic OH excluding ortho intramolecular Hbond substituents is 1. The fourth-order valence-corrected chi connectivity index (χ4v) is 2.79. The zero-order valence-electron chi connectivity index (χ0n) is 18.3. The summed E-state index contributed by atoms with van der Waals surface area (Å²) in [4.78, 5) is 0. The first-order chi connectivity index (χ1) is 11.3. The van der Waals surface area contributed by atoms with Gasteiger partial charge in [0, 0.05) is 0 Å². The number of hydrogen-bond acceptors (Lipinski definition) is 1. The van der Waals surface area contributed by atoms with Gasteiger partial charge in [0.05, 0.1) is 10.2 Å². The average Bonchev–Trinajstić information content (AvgIpc) is 2.75. The molecule has 3 radical (unpaired) electrons. The van der Waals surface area contributed by atoms with E-state index in [2.05, 4.69) is 84.8 Å². The maximum absolute atomic E-state index is 9.66. The van der Waals surface area contributed by atoms with Crippen molar-refractivity contribution in [2.45, 2.75) is 69.2 Å². The van der Waals surface area contributed by atoms with E-state index in [1.807, 2.05) is 20.8 Å². The standard InChI is InChI=1S/C10H13OSi.C9H13.C3H6.2ClH.Ti/c1-5-6(2)9(11)8(4)10(12)7(5)3;1-6-5-7(2)9(4)8(6)3;1-3-2;;;/h11H,1-4H3;6H,1-4H3;1-2H3;2*1H;/q;-1;;;;+1/p-2. The smallest absolute Gasteiger partial charge is 0.121 e. The molecule has 0 amide bonds. The molecular weight excluding hydrogens is 427 g/mol. The summed E-state index contributed by atoms with van der Waals surface area (Å²) in [7, 11) is 3.51. The molecule has 1 aromatic rings. The van der Waals surface area contributed by atoms with Crippen molar-refractivity contribution in [3.63, 3.8) is 0 Å². The van der Waals surface area contributed by atoms with Gasteiger partial charge in [0.1, 0.15) is 5.75 Å². The van der Waals surface area contributed by atoms with Gasteiger partial charge in [-0.25, -0.2) is 5.57 Å². The van der Waals surface area contributed by atoms with E-state index in [0.717, 1.165) is 21.9 Å². The van der Waals surface area contributed by atoms with Gasteiger partial charge in [0.2, 0.25) is 0 Å². The van der Waals surface area contributed by atoms with Crippen molar-refractivity contribution in [3.8, 4) is 5.75 Å². The minimum absolute atomic E-state index is 0. The number of halogens is 2. The summed E-state index contributed by atoms with van der Waals surface area (Å²) in [5.41, 5.74) is 8.51. The third-order valence-corrected chi connectivity index (χ3v) is 5.57. The number of rotatable bonds is 0. The van der Waals surface area contributed by atoms with E-state index in [4.69, 9.17) is 0 Å². The Morgan fingerprint density at radius 3 is 1.56 bits per heavy atom. The van der Waals surface area contributed by atoms with Crippen LogP contribution in [0.5, 0.6) is 5.75 Å². The minimum atomic E-state index is 0. The Hall–Kier alpha value is -0.119. The molecule has 0 bridgehead atoms. The van der Waals surface area contributed by atoms with Crippen molar-refractivity contribution in [2.75, 3.05) is 0 Å². The Bertz CT molecular complexity index is 613. The predicted octanol–water partition coefficient (Wildman–Crippen LogP) is -1.10. The maximum atomic E-state index is 9.66. The summed E-state index contributed by atoms with van der Waals surface area (Å²) in [6.45, 7) is 20.8. The molecule has 0 heterocycles. The monoisotopic (exact) mass is 458 g/mol. The van der Waals surface area contributed by atoms with Gasteiger partial charge in [-0.3, -0.25) is 6.08 Å². The molecule has 0 aliphatic heterocycles. The van der Waals surface area contributed by atoms with Crippen LogP contribution in [-0.4, -0.2) is 19.2 Å². The van der Waals surface area contributed by atoms with Crippen LogP contribution in [0.3, 0.4) is 0 Å². The third kappa shape index (κ3) is 9.28. The normalized spacial score (nSPS) is 14.7. The molecule has 2 rings (SSSR count). The minimum Gasteiger partial charge on any atom is -1.00 e. The van der Waals surface area contributed by atoms with Crippen LogP contribution in [0, 0.1) is 39.7 Å². The predicted molar refractivity (Wildman–Crippen MR) is 109 cm³/mol. The third-order valence-electron chi connectivity index (χ3n) is 4.82. The van der Waals surface area contributed by atoms with E-state index in [-0.39, 0.29) is 24.8 Å². The SMILES string of the molecule is CC1=[C-]C(C)C(C)=C1C.C[C](C)=[Ti+].Cc1c(C)c(O)c(C)c([Si])c1C.[Cl-].[Cl-]. The second-order valence-electron chi connectivity index (χ2n) is 7.02. The molecular formula is C22H32Cl2OSiTi-2. The van der Waals surface area contributed by atoms with Crippen LogP contribution in [0.25, 0.3) is 0 Å². The Morgan fingerprint density at radius 2 is 1.30 bits per heavy atom. The molecule has 150 valence electrons. The van der Waals surface area contributed by atoms with Crippen molar-refractivity contribution in [2.24, 2.45) is 5.92 Å². The molecule has 1 aliphatic rings. The van der Waals surface area contributed by atoms with E-state index in [1.54, 1.807) is 0 Å². The molecule has 5 heteroatoms. The van der Waals surface area contributed by atoms with Crippen molar-refractivity contribution in [1.82, 2.24) is 0 Å². The fourth-order valence-electron chi connectivity index (χ4n) is 2.49. The number of aromatic hydroxyl groups is 1. The zero-order valence-corrected chi connectivity index (χ0v) is 22.4. The second kappa shape index (κ2) is 14.0. The molecule has 1 nitrogen and oxygen atoms in total. The Balaban J connectivity index is -0.000000343. The van der Waals surface area contributed by atoms with Gasteiger partial charge in [-0.15, -0.1) is 6.92 Å². The van der Waals surface area contributed by atoms with E-state index in [9.17, 15) is 5.11 Å².